The molecule has 3 aromatic carbocycles. The van der Waals surface area contributed by atoms with Gasteiger partial charge in [0, 0.05) is 12.7 Å². The van der Waals surface area contributed by atoms with Crippen LogP contribution >= 0.6 is 0 Å². The van der Waals surface area contributed by atoms with E-state index in [0.717, 1.165) is 22.8 Å². The van der Waals surface area contributed by atoms with Crippen LogP contribution in [0, 0.1) is 7.14 Å². The monoisotopic (exact) mass is 496 g/mol. The fourth-order valence-corrected chi connectivity index (χ4v) is 6.28. The Morgan fingerprint density at radius 2 is 1.76 bits per heavy atom. The van der Waals surface area contributed by atoms with E-state index >= 15 is 0 Å². The molecule has 1 aromatic heterocycles. The Kier molecular flexibility index (Phi) is 5.03. The number of fused-ring (bicyclic) bond motifs is 2. The lowest BCUT2D eigenvalue weighted by atomic mass is 10.1. The van der Waals surface area contributed by atoms with Crippen molar-refractivity contribution in [2.75, 3.05) is 7.11 Å². The molecule has 0 fully saturated rings. The molecule has 144 valence electrons. The highest BCUT2D eigenvalue weighted by molar-refractivity contribution is 5.38. The Labute approximate surface area is 179 Å². The minimum Gasteiger partial charge on any atom is -0.448 e. The van der Waals surface area contributed by atoms with Crippen molar-refractivity contribution >= 4 is 0 Å². The summed E-state index contributed by atoms with van der Waals surface area (Å²) in [7, 11) is 1.72. The Morgan fingerprint density at radius 3 is 2.62 bits per heavy atom. The second-order valence-electron chi connectivity index (χ2n) is 6.73. The van der Waals surface area contributed by atoms with Crippen molar-refractivity contribution in [2.24, 2.45) is 0 Å². The van der Waals surface area contributed by atoms with E-state index in [1.54, 1.807) is 7.11 Å². The van der Waals surface area contributed by atoms with Gasteiger partial charge in [-0.3, -0.25) is 0 Å². The Bertz CT molecular complexity index is 1140. The molecule has 0 spiro atoms. The van der Waals surface area contributed by atoms with Crippen LogP contribution in [0.2, 0.25) is 0 Å². The van der Waals surface area contributed by atoms with Crippen LogP contribution in [0.15, 0.2) is 79.0 Å². The smallest absolute Gasteiger partial charge is 0.366 e. The van der Waals surface area contributed by atoms with E-state index in [2.05, 4.69) is 40.6 Å². The Hall–Kier alpha value is -2.71. The van der Waals surface area contributed by atoms with E-state index in [4.69, 9.17) is 9.47 Å². The van der Waals surface area contributed by atoms with Crippen molar-refractivity contribution in [3.8, 4) is 11.5 Å². The number of benzene rings is 3. The second kappa shape index (κ2) is 7.96. The number of hydrogen-bond donors (Lipinski definition) is 0. The first-order valence-corrected chi connectivity index (χ1v) is 11.5. The van der Waals surface area contributed by atoms with E-state index in [9.17, 15) is 0 Å². The summed E-state index contributed by atoms with van der Waals surface area (Å²) in [5.41, 5.74) is 3.10. The third-order valence-corrected chi connectivity index (χ3v) is 7.94. The van der Waals surface area contributed by atoms with Crippen LogP contribution in [-0.2, 0) is 11.3 Å². The van der Waals surface area contributed by atoms with Gasteiger partial charge in [-0.05, 0) is 23.8 Å². The van der Waals surface area contributed by atoms with Crippen LogP contribution in [0.25, 0.3) is 0 Å². The van der Waals surface area contributed by atoms with Gasteiger partial charge in [-0.15, -0.1) is 5.10 Å². The molecule has 0 aliphatic carbocycles. The predicted molar refractivity (Wildman–Crippen MR) is 105 cm³/mol. The number of ether oxygens (including phenoxy) is 2. The topological polar surface area (TPSA) is 49.2 Å². The maximum atomic E-state index is 6.16. The summed E-state index contributed by atoms with van der Waals surface area (Å²) in [6.45, 7) is 0.681. The average Bonchev–Trinajstić information content (AvgIpc) is 3.22. The molecule has 4 aromatic rings. The zero-order valence-electron chi connectivity index (χ0n) is 15.8. The number of hydrogen-bond acceptors (Lipinski definition) is 4. The van der Waals surface area contributed by atoms with Gasteiger partial charge in [0.15, 0.2) is 11.5 Å². The molecular weight excluding hydrogens is 477 g/mol. The molecule has 6 heteroatoms. The largest absolute Gasteiger partial charge is 0.448 e. The Balaban J connectivity index is 1.46. The van der Waals surface area contributed by atoms with Gasteiger partial charge in [-0.1, -0.05) is 59.8 Å². The summed E-state index contributed by atoms with van der Waals surface area (Å²) in [6, 6.07) is 24.7. The highest BCUT2D eigenvalue weighted by Gasteiger charge is 2.37. The van der Waals surface area contributed by atoms with Crippen LogP contribution < -0.4 is 25.9 Å². The third-order valence-electron chi connectivity index (χ3n) is 4.78. The first-order chi connectivity index (χ1) is 14.3. The zero-order valence-corrected chi connectivity index (χ0v) is 18.0. The fraction of sp³-hybridized carbons (Fsp3) is 0.130. The van der Waals surface area contributed by atoms with Crippen molar-refractivity contribution in [3.63, 3.8) is 0 Å². The minimum atomic E-state index is -0.372. The SMILES string of the molecule is CO[C@@H](c1cn(Cc2ccccc2)nn1)c1cccc2c1[I+]c1ccccc1O2. The normalized spacial score (nSPS) is 13.3. The molecule has 0 bridgehead atoms. The third kappa shape index (κ3) is 3.65. The van der Waals surface area contributed by atoms with E-state index < -0.39 is 0 Å². The van der Waals surface area contributed by atoms with E-state index in [1.165, 1.54) is 12.7 Å². The summed E-state index contributed by atoms with van der Waals surface area (Å²) in [5.74, 6) is 1.89. The average molecular weight is 496 g/mol. The molecule has 1 atom stereocenters. The first-order valence-electron chi connectivity index (χ1n) is 9.33. The molecule has 1 aliphatic heterocycles. The van der Waals surface area contributed by atoms with Crippen molar-refractivity contribution in [1.82, 2.24) is 15.0 Å². The van der Waals surface area contributed by atoms with Crippen molar-refractivity contribution in [1.29, 1.82) is 0 Å². The highest BCUT2D eigenvalue weighted by Crippen LogP contribution is 2.31. The molecule has 0 amide bonds. The molecular formula is C23H19IN3O2+. The molecule has 5 nitrogen and oxygen atoms in total. The van der Waals surface area contributed by atoms with Crippen LogP contribution in [-0.4, -0.2) is 22.1 Å². The van der Waals surface area contributed by atoms with Gasteiger partial charge < -0.3 is 9.47 Å². The zero-order chi connectivity index (χ0) is 19.6. The number of nitrogens with zero attached hydrogens (tertiary/aromatic N) is 3. The van der Waals surface area contributed by atoms with Crippen LogP contribution in [0.4, 0.5) is 0 Å². The highest BCUT2D eigenvalue weighted by atomic mass is 127. The lowest BCUT2D eigenvalue weighted by molar-refractivity contribution is -0.603. The lowest BCUT2D eigenvalue weighted by Crippen LogP contribution is -3.62. The molecule has 0 N–H and O–H groups in total. The van der Waals surface area contributed by atoms with Gasteiger partial charge >= 0.3 is 21.2 Å². The van der Waals surface area contributed by atoms with Gasteiger partial charge in [0.05, 0.1) is 12.7 Å². The van der Waals surface area contributed by atoms with Crippen LogP contribution in [0.5, 0.6) is 11.5 Å². The quantitative estimate of drug-likeness (QED) is 0.345. The second-order valence-corrected chi connectivity index (χ2v) is 9.51. The first kappa shape index (κ1) is 18.3. The maximum absolute atomic E-state index is 6.16. The number of methoxy groups -OCH3 is 1. The summed E-state index contributed by atoms with van der Waals surface area (Å²) in [4.78, 5) is 0. The summed E-state index contributed by atoms with van der Waals surface area (Å²) < 4.78 is 16.4. The van der Waals surface area contributed by atoms with E-state index in [0.29, 0.717) is 6.54 Å². The van der Waals surface area contributed by atoms with Gasteiger partial charge in [0.25, 0.3) is 0 Å². The molecule has 0 radical (unpaired) electrons. The number of halogens is 1. The van der Waals surface area contributed by atoms with Crippen LogP contribution in [0.3, 0.4) is 0 Å². The predicted octanol–water partition coefficient (Wildman–Crippen LogP) is 1.30. The summed E-state index contributed by atoms with van der Waals surface area (Å²) in [5, 5.41) is 8.73. The van der Waals surface area contributed by atoms with Crippen molar-refractivity contribution in [3.05, 3.63) is 103 Å². The van der Waals surface area contributed by atoms with E-state index in [-0.39, 0.29) is 27.3 Å². The number of aromatic nitrogens is 3. The molecule has 29 heavy (non-hydrogen) atoms. The fourth-order valence-electron chi connectivity index (χ4n) is 3.42. The van der Waals surface area contributed by atoms with Gasteiger partial charge in [0.2, 0.25) is 7.14 Å². The maximum Gasteiger partial charge on any atom is 0.366 e. The van der Waals surface area contributed by atoms with Gasteiger partial charge in [-0.25, -0.2) is 4.68 Å². The Morgan fingerprint density at radius 1 is 0.966 bits per heavy atom. The van der Waals surface area contributed by atoms with E-state index in [1.807, 2.05) is 53.3 Å². The molecule has 2 heterocycles. The van der Waals surface area contributed by atoms with Gasteiger partial charge in [0.1, 0.15) is 11.8 Å². The van der Waals surface area contributed by atoms with Crippen LogP contribution in [0.1, 0.15) is 22.9 Å². The number of rotatable bonds is 5. The molecule has 1 aliphatic rings. The molecule has 0 unspecified atom stereocenters. The minimum absolute atomic E-state index is 0.275. The number of para-hydroxylation sites is 1. The molecule has 0 saturated carbocycles. The molecule has 0 saturated heterocycles. The lowest BCUT2D eigenvalue weighted by Gasteiger charge is -2.17. The van der Waals surface area contributed by atoms with Crippen molar-refractivity contribution in [2.45, 2.75) is 12.6 Å². The summed E-state index contributed by atoms with van der Waals surface area (Å²) in [6.07, 6.45) is 1.69. The molecule has 5 rings (SSSR count). The summed E-state index contributed by atoms with van der Waals surface area (Å²) >= 11 is -0.372. The van der Waals surface area contributed by atoms with Crippen molar-refractivity contribution < 1.29 is 30.7 Å². The van der Waals surface area contributed by atoms with Gasteiger partial charge in [-0.2, -0.15) is 0 Å². The standard InChI is InChI=1S/C23H19IN3O2/c1-28-23(19-15-27(26-25-19)14-16-8-3-2-4-9-16)17-10-7-13-21-22(17)24-18-11-5-6-12-20(18)29-21/h2-13,15,23H,14H2,1H3/q+1/t23-/m1/s1.